The molecule has 1 fully saturated rings. The van der Waals surface area contributed by atoms with Crippen molar-refractivity contribution in [1.82, 2.24) is 9.80 Å². The molecule has 198 valence electrons. The maximum atomic E-state index is 9.76. The van der Waals surface area contributed by atoms with Crippen LogP contribution in [-0.4, -0.2) is 63.9 Å². The van der Waals surface area contributed by atoms with Gasteiger partial charge < -0.3 is 25.1 Å². The second kappa shape index (κ2) is 16.9. The second-order valence-electron chi connectivity index (χ2n) is 9.53. The van der Waals surface area contributed by atoms with E-state index in [2.05, 4.69) is 16.7 Å². The molecule has 3 N–H and O–H groups in total. The fourth-order valence-electron chi connectivity index (χ4n) is 4.99. The molecule has 5 nitrogen and oxygen atoms in total. The number of phenolic OH excluding ortho intramolecular Hbond substituents is 3. The fraction of sp³-hybridized carbons (Fsp3) is 0.571. The maximum absolute atomic E-state index is 9.76. The first-order valence-corrected chi connectivity index (χ1v) is 12.8. The third kappa shape index (κ3) is 10.9. The summed E-state index contributed by atoms with van der Waals surface area (Å²) in [4.78, 5) is 5.20. The smallest absolute Gasteiger partial charge is 0.157 e. The lowest BCUT2D eigenvalue weighted by Crippen LogP contribution is -2.32. The van der Waals surface area contributed by atoms with E-state index in [1.54, 1.807) is 24.3 Å². The van der Waals surface area contributed by atoms with Crippen molar-refractivity contribution < 1.29 is 15.3 Å². The first-order chi connectivity index (χ1) is 16.0. The molecular formula is C28H44Cl2N2O3. The minimum absolute atomic E-state index is 0. The lowest BCUT2D eigenvalue weighted by molar-refractivity contribution is 0.242. The molecule has 3 rings (SSSR count). The SMILES string of the molecule is CCCN(CCCCCCN1CCCC1Cc1ccc(O)c(O)c1)CCc1ccc(O)cc1.Cl.Cl. The molecule has 1 atom stereocenters. The topological polar surface area (TPSA) is 67.2 Å². The van der Waals surface area contributed by atoms with Crippen LogP contribution in [-0.2, 0) is 12.8 Å². The molecule has 2 aromatic rings. The Bertz CT molecular complexity index is 835. The highest BCUT2D eigenvalue weighted by Gasteiger charge is 2.24. The summed E-state index contributed by atoms with van der Waals surface area (Å²) < 4.78 is 0. The molecule has 1 heterocycles. The molecule has 35 heavy (non-hydrogen) atoms. The number of phenols is 3. The molecule has 0 radical (unpaired) electrons. The summed E-state index contributed by atoms with van der Waals surface area (Å²) in [6.07, 6.45) is 10.7. The van der Waals surface area contributed by atoms with Gasteiger partial charge in [-0.1, -0.05) is 38.0 Å². The summed E-state index contributed by atoms with van der Waals surface area (Å²) in [5.74, 6) is 0.279. The van der Waals surface area contributed by atoms with Crippen LogP contribution in [0.2, 0.25) is 0 Å². The van der Waals surface area contributed by atoms with Gasteiger partial charge in [-0.05, 0) is 107 Å². The van der Waals surface area contributed by atoms with Gasteiger partial charge in [-0.15, -0.1) is 24.8 Å². The van der Waals surface area contributed by atoms with Crippen molar-refractivity contribution >= 4 is 24.8 Å². The van der Waals surface area contributed by atoms with Gasteiger partial charge in [0.15, 0.2) is 11.5 Å². The summed E-state index contributed by atoms with van der Waals surface area (Å²) in [6.45, 7) is 7.99. The van der Waals surface area contributed by atoms with Crippen LogP contribution in [0.1, 0.15) is 63.0 Å². The van der Waals surface area contributed by atoms with Crippen LogP contribution in [0, 0.1) is 0 Å². The summed E-state index contributed by atoms with van der Waals surface area (Å²) in [5.41, 5.74) is 2.39. The van der Waals surface area contributed by atoms with Crippen LogP contribution in [0.4, 0.5) is 0 Å². The zero-order valence-corrected chi connectivity index (χ0v) is 22.7. The van der Waals surface area contributed by atoms with Gasteiger partial charge in [0, 0.05) is 12.6 Å². The van der Waals surface area contributed by atoms with Crippen molar-refractivity contribution in [2.75, 3.05) is 32.7 Å². The van der Waals surface area contributed by atoms with Crippen molar-refractivity contribution in [2.45, 2.75) is 70.8 Å². The number of hydrogen-bond acceptors (Lipinski definition) is 5. The number of aromatic hydroxyl groups is 3. The zero-order chi connectivity index (χ0) is 23.5. The minimum Gasteiger partial charge on any atom is -0.508 e. The van der Waals surface area contributed by atoms with E-state index in [9.17, 15) is 15.3 Å². The molecule has 1 saturated heterocycles. The monoisotopic (exact) mass is 526 g/mol. The van der Waals surface area contributed by atoms with E-state index in [-0.39, 0.29) is 36.3 Å². The zero-order valence-electron chi connectivity index (χ0n) is 21.1. The minimum atomic E-state index is -0.0418. The maximum Gasteiger partial charge on any atom is 0.157 e. The molecule has 2 aromatic carbocycles. The Morgan fingerprint density at radius 3 is 2.26 bits per heavy atom. The number of likely N-dealkylation sites (tertiary alicyclic amines) is 1. The second-order valence-corrected chi connectivity index (χ2v) is 9.53. The lowest BCUT2D eigenvalue weighted by Gasteiger charge is -2.25. The molecule has 0 bridgehead atoms. The van der Waals surface area contributed by atoms with Gasteiger partial charge in [0.25, 0.3) is 0 Å². The van der Waals surface area contributed by atoms with Gasteiger partial charge in [-0.3, -0.25) is 0 Å². The van der Waals surface area contributed by atoms with E-state index in [0.29, 0.717) is 11.8 Å². The summed E-state index contributed by atoms with van der Waals surface area (Å²) in [6, 6.07) is 13.4. The Morgan fingerprint density at radius 2 is 1.54 bits per heavy atom. The van der Waals surface area contributed by atoms with Gasteiger partial charge in [0.05, 0.1) is 0 Å². The quantitative estimate of drug-likeness (QED) is 0.203. The fourth-order valence-corrected chi connectivity index (χ4v) is 4.99. The van der Waals surface area contributed by atoms with Gasteiger partial charge in [0.1, 0.15) is 5.75 Å². The molecule has 0 aromatic heterocycles. The summed E-state index contributed by atoms with van der Waals surface area (Å²) in [5, 5.41) is 28.7. The number of rotatable bonds is 14. The van der Waals surface area contributed by atoms with E-state index in [1.165, 1.54) is 63.6 Å². The summed E-state index contributed by atoms with van der Waals surface area (Å²) >= 11 is 0. The van der Waals surface area contributed by atoms with Crippen LogP contribution in [0.5, 0.6) is 17.2 Å². The van der Waals surface area contributed by atoms with Crippen molar-refractivity contribution in [3.05, 3.63) is 53.6 Å². The molecule has 0 aliphatic carbocycles. The Morgan fingerprint density at radius 1 is 0.829 bits per heavy atom. The predicted molar refractivity (Wildman–Crippen MR) is 150 cm³/mol. The van der Waals surface area contributed by atoms with Crippen LogP contribution >= 0.6 is 24.8 Å². The van der Waals surface area contributed by atoms with Crippen LogP contribution in [0.3, 0.4) is 0 Å². The van der Waals surface area contributed by atoms with Gasteiger partial charge in [-0.2, -0.15) is 0 Å². The van der Waals surface area contributed by atoms with Crippen molar-refractivity contribution in [1.29, 1.82) is 0 Å². The average Bonchev–Trinajstić information content (AvgIpc) is 3.24. The van der Waals surface area contributed by atoms with Gasteiger partial charge >= 0.3 is 0 Å². The Hall–Kier alpha value is -1.66. The molecule has 0 amide bonds. The third-order valence-corrected chi connectivity index (χ3v) is 6.87. The van der Waals surface area contributed by atoms with E-state index >= 15 is 0 Å². The number of hydrogen-bond donors (Lipinski definition) is 3. The molecule has 1 aliphatic heterocycles. The average molecular weight is 528 g/mol. The Labute approximate surface area is 224 Å². The highest BCUT2D eigenvalue weighted by atomic mass is 35.5. The summed E-state index contributed by atoms with van der Waals surface area (Å²) in [7, 11) is 0. The number of halogens is 2. The van der Waals surface area contributed by atoms with Crippen LogP contribution < -0.4 is 0 Å². The highest BCUT2D eigenvalue weighted by Crippen LogP contribution is 2.28. The van der Waals surface area contributed by atoms with E-state index in [0.717, 1.165) is 38.0 Å². The Balaban J connectivity index is 0.00000306. The highest BCUT2D eigenvalue weighted by molar-refractivity contribution is 5.85. The predicted octanol–water partition coefficient (Wildman–Crippen LogP) is 6.17. The standard InChI is InChI=1S/C28H42N2O3.2ClH/c1-2-16-29(20-15-23-9-12-26(31)13-10-23)17-5-3-4-6-18-30-19-7-8-25(30)21-24-11-14-27(32)28(33)22-24;;/h9-14,22,25,31-33H,2-8,15-21H2,1H3;2*1H. The first-order valence-electron chi connectivity index (χ1n) is 12.8. The number of nitrogens with zero attached hydrogens (tertiary/aromatic N) is 2. The van der Waals surface area contributed by atoms with Crippen molar-refractivity contribution in [3.63, 3.8) is 0 Å². The largest absolute Gasteiger partial charge is 0.508 e. The molecule has 1 unspecified atom stereocenters. The number of unbranched alkanes of at least 4 members (excludes halogenated alkanes) is 3. The van der Waals surface area contributed by atoms with Crippen LogP contribution in [0.25, 0.3) is 0 Å². The lowest BCUT2D eigenvalue weighted by atomic mass is 10.0. The third-order valence-electron chi connectivity index (χ3n) is 6.87. The van der Waals surface area contributed by atoms with Crippen molar-refractivity contribution in [2.24, 2.45) is 0 Å². The first kappa shape index (κ1) is 31.4. The van der Waals surface area contributed by atoms with E-state index in [1.807, 2.05) is 18.2 Å². The van der Waals surface area contributed by atoms with Gasteiger partial charge in [-0.25, -0.2) is 0 Å². The molecule has 7 heteroatoms. The van der Waals surface area contributed by atoms with E-state index < -0.39 is 0 Å². The molecular weight excluding hydrogens is 483 g/mol. The Kier molecular flexibility index (Phi) is 15.2. The van der Waals surface area contributed by atoms with E-state index in [4.69, 9.17) is 0 Å². The molecule has 0 saturated carbocycles. The number of benzene rings is 2. The van der Waals surface area contributed by atoms with Crippen LogP contribution in [0.15, 0.2) is 42.5 Å². The normalized spacial score (nSPS) is 15.7. The molecule has 0 spiro atoms. The van der Waals surface area contributed by atoms with Crippen molar-refractivity contribution in [3.8, 4) is 17.2 Å². The van der Waals surface area contributed by atoms with Gasteiger partial charge in [0.2, 0.25) is 0 Å². The molecule has 1 aliphatic rings.